The zero-order chi connectivity index (χ0) is 20.4. The number of nitrogens with one attached hydrogen (secondary N) is 1. The number of hydrogen-bond donors (Lipinski definition) is 2. The molecule has 3 N–H and O–H groups in total. The maximum Gasteiger partial charge on any atom is 0.393 e. The number of amides is 1. The number of hydrogen-bond acceptors (Lipinski definition) is 4. The lowest BCUT2D eigenvalue weighted by Crippen LogP contribution is -2.47. The van der Waals surface area contributed by atoms with Crippen LogP contribution in [-0.4, -0.2) is 33.2 Å². The highest BCUT2D eigenvalue weighted by Crippen LogP contribution is 2.65. The van der Waals surface area contributed by atoms with Gasteiger partial charge in [0, 0.05) is 18.9 Å². The topological polar surface area (TPSA) is 85.3 Å². The number of carbonyl (C=O) groups is 1. The molecule has 2 aromatic heterocycles. The van der Waals surface area contributed by atoms with Crippen molar-refractivity contribution in [2.24, 2.45) is 28.9 Å². The van der Waals surface area contributed by atoms with E-state index in [1.807, 2.05) is 0 Å². The molecule has 3 fully saturated rings. The van der Waals surface area contributed by atoms with Crippen molar-refractivity contribution in [1.82, 2.24) is 19.9 Å². The molecule has 2 aliphatic carbocycles. The third-order valence-electron chi connectivity index (χ3n) is 6.97. The first-order valence-corrected chi connectivity index (χ1v) is 10.2. The molecule has 1 saturated heterocycles. The second-order valence-electron chi connectivity index (χ2n) is 9.11. The molecule has 3 heterocycles. The summed E-state index contributed by atoms with van der Waals surface area (Å²) in [4.78, 5) is 16.6. The fourth-order valence-corrected chi connectivity index (χ4v) is 4.92. The van der Waals surface area contributed by atoms with Crippen LogP contribution >= 0.6 is 0 Å². The first-order chi connectivity index (χ1) is 13.7. The van der Waals surface area contributed by atoms with Gasteiger partial charge in [-0.05, 0) is 55.6 Å². The molecule has 6 nitrogen and oxygen atoms in total. The van der Waals surface area contributed by atoms with Gasteiger partial charge in [0.2, 0.25) is 5.91 Å². The van der Waals surface area contributed by atoms with Crippen LogP contribution in [0.1, 0.15) is 49.5 Å². The normalized spacial score (nSPS) is 27.7. The summed E-state index contributed by atoms with van der Waals surface area (Å²) >= 11 is 0. The molecular formula is C20H24F3N5O. The molecule has 156 valence electrons. The number of fused-ring (bicyclic) bond motifs is 1. The average Bonchev–Trinajstić information content (AvgIpc) is 3.33. The molecule has 2 saturated carbocycles. The van der Waals surface area contributed by atoms with E-state index in [1.54, 1.807) is 22.8 Å². The maximum atomic E-state index is 13.0. The highest BCUT2D eigenvalue weighted by Gasteiger charge is 2.54. The fraction of sp³-hybridized carbons (Fsp3) is 0.650. The van der Waals surface area contributed by atoms with Crippen molar-refractivity contribution in [2.45, 2.75) is 50.7 Å². The zero-order valence-corrected chi connectivity index (χ0v) is 16.0. The SMILES string of the molecule is N[C@H](c1cn2nc(CC3C[C@@H](C(F)(F)F)CNC3=O)ccc2n1)C1CC2(CC2)C1. The maximum absolute atomic E-state index is 13.0. The zero-order valence-electron chi connectivity index (χ0n) is 16.0. The van der Waals surface area contributed by atoms with Crippen LogP contribution in [0.15, 0.2) is 18.3 Å². The standard InChI is InChI=1S/C20H24F3N5O/c21-20(22,23)13-5-11(18(29)25-9-13)6-14-1-2-16-26-15(10-28(16)27-14)17(24)12-7-19(8-12)3-4-19/h1-2,10-13,17H,3-9,24H2,(H,25,29)/t11?,13-,17+/m1/s1. The Morgan fingerprint density at radius 1 is 1.31 bits per heavy atom. The summed E-state index contributed by atoms with van der Waals surface area (Å²) in [5.41, 5.74) is 9.00. The second kappa shape index (κ2) is 6.42. The van der Waals surface area contributed by atoms with E-state index < -0.39 is 18.0 Å². The predicted molar refractivity (Wildman–Crippen MR) is 98.7 cm³/mol. The number of piperidine rings is 1. The van der Waals surface area contributed by atoms with Crippen LogP contribution in [0.4, 0.5) is 13.2 Å². The van der Waals surface area contributed by atoms with Gasteiger partial charge in [-0.3, -0.25) is 4.79 Å². The van der Waals surface area contributed by atoms with Crippen LogP contribution in [0.3, 0.4) is 0 Å². The number of imidazole rings is 1. The van der Waals surface area contributed by atoms with Gasteiger partial charge in [0.15, 0.2) is 5.65 Å². The summed E-state index contributed by atoms with van der Waals surface area (Å²) in [5, 5.41) is 6.86. The summed E-state index contributed by atoms with van der Waals surface area (Å²) in [6.45, 7) is -0.351. The van der Waals surface area contributed by atoms with Crippen molar-refractivity contribution in [2.75, 3.05) is 6.54 Å². The van der Waals surface area contributed by atoms with Crippen LogP contribution in [0, 0.1) is 23.2 Å². The van der Waals surface area contributed by atoms with E-state index >= 15 is 0 Å². The van der Waals surface area contributed by atoms with Crippen LogP contribution in [0.5, 0.6) is 0 Å². The van der Waals surface area contributed by atoms with E-state index in [9.17, 15) is 18.0 Å². The molecule has 1 unspecified atom stereocenters. The Hall–Kier alpha value is -2.16. The van der Waals surface area contributed by atoms with Gasteiger partial charge in [0.05, 0.1) is 29.5 Å². The number of nitrogens with zero attached hydrogens (tertiary/aromatic N) is 3. The lowest BCUT2D eigenvalue weighted by molar-refractivity contribution is -0.183. The summed E-state index contributed by atoms with van der Waals surface area (Å²) in [6.07, 6.45) is 2.42. The van der Waals surface area contributed by atoms with E-state index in [1.165, 1.54) is 12.8 Å². The Labute approximate surface area is 166 Å². The van der Waals surface area contributed by atoms with Gasteiger partial charge < -0.3 is 11.1 Å². The molecule has 3 atom stereocenters. The highest BCUT2D eigenvalue weighted by atomic mass is 19.4. The molecule has 1 amide bonds. The van der Waals surface area contributed by atoms with E-state index in [-0.39, 0.29) is 31.3 Å². The molecule has 3 aliphatic rings. The quantitative estimate of drug-likeness (QED) is 0.816. The van der Waals surface area contributed by atoms with Crippen LogP contribution in [0.2, 0.25) is 0 Å². The van der Waals surface area contributed by atoms with Crippen LogP contribution in [-0.2, 0) is 11.2 Å². The second-order valence-corrected chi connectivity index (χ2v) is 9.11. The molecule has 1 spiro atoms. The number of carbonyl (C=O) groups excluding carboxylic acids is 1. The van der Waals surface area contributed by atoms with Gasteiger partial charge in [0.25, 0.3) is 0 Å². The van der Waals surface area contributed by atoms with E-state index in [4.69, 9.17) is 5.73 Å². The highest BCUT2D eigenvalue weighted by molar-refractivity contribution is 5.79. The number of alkyl halides is 3. The summed E-state index contributed by atoms with van der Waals surface area (Å²) in [7, 11) is 0. The van der Waals surface area contributed by atoms with Crippen molar-refractivity contribution in [3.8, 4) is 0 Å². The van der Waals surface area contributed by atoms with Crippen molar-refractivity contribution in [3.05, 3.63) is 29.7 Å². The Bertz CT molecular complexity index is 943. The molecule has 0 radical (unpaired) electrons. The molecule has 5 rings (SSSR count). The third-order valence-corrected chi connectivity index (χ3v) is 6.97. The minimum Gasteiger partial charge on any atom is -0.355 e. The van der Waals surface area contributed by atoms with Crippen LogP contribution in [0.25, 0.3) is 5.65 Å². The summed E-state index contributed by atoms with van der Waals surface area (Å²) in [6, 6.07) is 3.39. The Kier molecular flexibility index (Phi) is 4.17. The van der Waals surface area contributed by atoms with Crippen molar-refractivity contribution in [1.29, 1.82) is 0 Å². The molecule has 29 heavy (non-hydrogen) atoms. The molecule has 1 aliphatic heterocycles. The number of halogens is 3. The minimum atomic E-state index is -4.31. The van der Waals surface area contributed by atoms with E-state index in [0.717, 1.165) is 18.5 Å². The summed E-state index contributed by atoms with van der Waals surface area (Å²) < 4.78 is 40.7. The van der Waals surface area contributed by atoms with E-state index in [2.05, 4.69) is 15.4 Å². The van der Waals surface area contributed by atoms with Crippen molar-refractivity contribution < 1.29 is 18.0 Å². The van der Waals surface area contributed by atoms with Gasteiger partial charge in [-0.2, -0.15) is 18.3 Å². The number of nitrogens with two attached hydrogens (primary N) is 1. The first kappa shape index (κ1) is 18.8. The predicted octanol–water partition coefficient (Wildman–Crippen LogP) is 2.78. The smallest absolute Gasteiger partial charge is 0.355 e. The van der Waals surface area contributed by atoms with Gasteiger partial charge in [-0.15, -0.1) is 0 Å². The third kappa shape index (κ3) is 3.49. The van der Waals surface area contributed by atoms with E-state index in [0.29, 0.717) is 22.7 Å². The van der Waals surface area contributed by atoms with Gasteiger partial charge in [0.1, 0.15) is 0 Å². The molecule has 0 bridgehead atoms. The van der Waals surface area contributed by atoms with Crippen molar-refractivity contribution >= 4 is 11.6 Å². The molecule has 2 aromatic rings. The Morgan fingerprint density at radius 2 is 2.07 bits per heavy atom. The van der Waals surface area contributed by atoms with Crippen LogP contribution < -0.4 is 11.1 Å². The largest absolute Gasteiger partial charge is 0.393 e. The number of aromatic nitrogens is 3. The molecule has 0 aromatic carbocycles. The monoisotopic (exact) mass is 407 g/mol. The Morgan fingerprint density at radius 3 is 2.76 bits per heavy atom. The lowest BCUT2D eigenvalue weighted by atomic mass is 9.68. The average molecular weight is 407 g/mol. The fourth-order valence-electron chi connectivity index (χ4n) is 4.92. The summed E-state index contributed by atoms with van der Waals surface area (Å²) in [5.74, 6) is -2.15. The minimum absolute atomic E-state index is 0.122. The Balaban J connectivity index is 1.30. The van der Waals surface area contributed by atoms with Gasteiger partial charge in [-0.25, -0.2) is 9.50 Å². The van der Waals surface area contributed by atoms with Gasteiger partial charge >= 0.3 is 6.18 Å². The molecule has 9 heteroatoms. The lowest BCUT2D eigenvalue weighted by Gasteiger charge is -2.39. The van der Waals surface area contributed by atoms with Crippen molar-refractivity contribution in [3.63, 3.8) is 0 Å². The van der Waals surface area contributed by atoms with Gasteiger partial charge in [-0.1, -0.05) is 0 Å². The first-order valence-electron chi connectivity index (χ1n) is 10.2. The molecular weight excluding hydrogens is 383 g/mol. The number of rotatable bonds is 4.